The van der Waals surface area contributed by atoms with Crippen LogP contribution in [0.25, 0.3) is 0 Å². The topological polar surface area (TPSA) is 29.9 Å². The van der Waals surface area contributed by atoms with E-state index in [1.807, 2.05) is 0 Å². The van der Waals surface area contributed by atoms with Crippen molar-refractivity contribution in [3.05, 3.63) is 17.2 Å². The summed E-state index contributed by atoms with van der Waals surface area (Å²) in [5, 5.41) is 3.43. The normalized spacial score (nSPS) is 28.1. The molecule has 2 heterocycles. The van der Waals surface area contributed by atoms with Crippen LogP contribution >= 0.6 is 0 Å². The Morgan fingerprint density at radius 3 is 3.00 bits per heavy atom. The number of hydrogen-bond donors (Lipinski definition) is 1. The van der Waals surface area contributed by atoms with Crippen molar-refractivity contribution >= 4 is 0 Å². The van der Waals surface area contributed by atoms with Gasteiger partial charge in [0.15, 0.2) is 0 Å². The van der Waals surface area contributed by atoms with Crippen LogP contribution in [-0.4, -0.2) is 16.1 Å². The van der Waals surface area contributed by atoms with Crippen LogP contribution in [0.15, 0.2) is 0 Å². The number of nitrogens with one attached hydrogen (secondary N) is 1. The van der Waals surface area contributed by atoms with Crippen LogP contribution in [0.1, 0.15) is 62.3 Å². The number of aryl methyl sites for hydroxylation is 1. The highest BCUT2D eigenvalue weighted by atomic mass is 15.1. The molecule has 0 radical (unpaired) electrons. The molecule has 0 amide bonds. The van der Waals surface area contributed by atoms with E-state index < -0.39 is 0 Å². The number of hydrogen-bond acceptors (Lipinski definition) is 2. The fourth-order valence-corrected chi connectivity index (χ4v) is 3.91. The molecule has 2 atom stereocenters. The third-order valence-corrected chi connectivity index (χ3v) is 4.83. The minimum Gasteiger partial charge on any atom is -0.329 e. The van der Waals surface area contributed by atoms with Gasteiger partial charge in [-0.05, 0) is 25.7 Å². The Morgan fingerprint density at radius 1 is 1.33 bits per heavy atom. The van der Waals surface area contributed by atoms with Crippen molar-refractivity contribution in [2.75, 3.05) is 6.54 Å². The van der Waals surface area contributed by atoms with Gasteiger partial charge in [-0.1, -0.05) is 26.2 Å². The SMILES string of the molecule is CCC1CCCCC1n1c(C)nc2c1CCNC2. The summed E-state index contributed by atoms with van der Waals surface area (Å²) >= 11 is 0. The molecule has 1 saturated carbocycles. The predicted molar refractivity (Wildman–Crippen MR) is 73.7 cm³/mol. The molecular formula is C15H25N3. The van der Waals surface area contributed by atoms with Crippen molar-refractivity contribution in [1.29, 1.82) is 0 Å². The second-order valence-electron chi connectivity index (χ2n) is 5.87. The average molecular weight is 247 g/mol. The van der Waals surface area contributed by atoms with E-state index >= 15 is 0 Å². The average Bonchev–Trinajstić information content (AvgIpc) is 2.74. The van der Waals surface area contributed by atoms with Crippen molar-refractivity contribution in [3.63, 3.8) is 0 Å². The highest BCUT2D eigenvalue weighted by molar-refractivity contribution is 5.21. The van der Waals surface area contributed by atoms with Gasteiger partial charge in [0, 0.05) is 31.2 Å². The van der Waals surface area contributed by atoms with Crippen LogP contribution in [0.5, 0.6) is 0 Å². The van der Waals surface area contributed by atoms with Crippen LogP contribution in [0, 0.1) is 12.8 Å². The number of fused-ring (bicyclic) bond motifs is 1. The van der Waals surface area contributed by atoms with Gasteiger partial charge in [-0.2, -0.15) is 0 Å². The van der Waals surface area contributed by atoms with Gasteiger partial charge in [-0.25, -0.2) is 4.98 Å². The number of nitrogens with zero attached hydrogens (tertiary/aromatic N) is 2. The van der Waals surface area contributed by atoms with Gasteiger partial charge in [0.25, 0.3) is 0 Å². The van der Waals surface area contributed by atoms with Gasteiger partial charge in [-0.15, -0.1) is 0 Å². The van der Waals surface area contributed by atoms with Crippen LogP contribution in [0.3, 0.4) is 0 Å². The summed E-state index contributed by atoms with van der Waals surface area (Å²) in [5.41, 5.74) is 2.83. The zero-order chi connectivity index (χ0) is 12.5. The van der Waals surface area contributed by atoms with Crippen molar-refractivity contribution < 1.29 is 0 Å². The first kappa shape index (κ1) is 12.2. The first-order chi connectivity index (χ1) is 8.81. The summed E-state index contributed by atoms with van der Waals surface area (Å²) in [5.74, 6) is 2.11. The molecule has 100 valence electrons. The quantitative estimate of drug-likeness (QED) is 0.870. The third-order valence-electron chi connectivity index (χ3n) is 4.83. The van der Waals surface area contributed by atoms with Crippen LogP contribution in [0.4, 0.5) is 0 Å². The maximum absolute atomic E-state index is 4.80. The highest BCUT2D eigenvalue weighted by Crippen LogP contribution is 2.38. The molecule has 0 bridgehead atoms. The molecule has 0 spiro atoms. The van der Waals surface area contributed by atoms with Crippen molar-refractivity contribution in [2.24, 2.45) is 5.92 Å². The maximum atomic E-state index is 4.80. The molecule has 0 saturated heterocycles. The molecule has 1 N–H and O–H groups in total. The Kier molecular flexibility index (Phi) is 3.42. The number of aromatic nitrogens is 2. The van der Waals surface area contributed by atoms with Gasteiger partial charge in [0.2, 0.25) is 0 Å². The van der Waals surface area contributed by atoms with Crippen LogP contribution in [0.2, 0.25) is 0 Å². The zero-order valence-corrected chi connectivity index (χ0v) is 11.7. The molecule has 1 aromatic heterocycles. The molecule has 1 aliphatic carbocycles. The van der Waals surface area contributed by atoms with Gasteiger partial charge in [-0.3, -0.25) is 0 Å². The van der Waals surface area contributed by atoms with Gasteiger partial charge >= 0.3 is 0 Å². The fraction of sp³-hybridized carbons (Fsp3) is 0.800. The summed E-state index contributed by atoms with van der Waals surface area (Å²) in [6, 6.07) is 0.720. The molecule has 3 heteroatoms. The minimum absolute atomic E-state index is 0.720. The van der Waals surface area contributed by atoms with Crippen molar-refractivity contribution in [2.45, 2.75) is 65.0 Å². The number of rotatable bonds is 2. The van der Waals surface area contributed by atoms with E-state index in [2.05, 4.69) is 23.7 Å². The summed E-state index contributed by atoms with van der Waals surface area (Å²) < 4.78 is 2.60. The number of imidazole rings is 1. The molecule has 2 aliphatic rings. The van der Waals surface area contributed by atoms with E-state index in [1.165, 1.54) is 49.3 Å². The van der Waals surface area contributed by atoms with Crippen molar-refractivity contribution in [3.8, 4) is 0 Å². The monoisotopic (exact) mass is 247 g/mol. The Bertz CT molecular complexity index is 422. The lowest BCUT2D eigenvalue weighted by molar-refractivity contribution is 0.225. The summed E-state index contributed by atoms with van der Waals surface area (Å²) in [6.07, 6.45) is 8.05. The lowest BCUT2D eigenvalue weighted by Gasteiger charge is -2.34. The summed E-state index contributed by atoms with van der Waals surface area (Å²) in [6.45, 7) is 6.62. The maximum Gasteiger partial charge on any atom is 0.106 e. The first-order valence-corrected chi connectivity index (χ1v) is 7.58. The molecule has 1 fully saturated rings. The van der Waals surface area contributed by atoms with E-state index in [9.17, 15) is 0 Å². The second-order valence-corrected chi connectivity index (χ2v) is 5.87. The standard InChI is InChI=1S/C15H25N3/c1-3-12-6-4-5-7-14(12)18-11(2)17-13-10-16-9-8-15(13)18/h12,14,16H,3-10H2,1-2H3. The Morgan fingerprint density at radius 2 is 2.17 bits per heavy atom. The zero-order valence-electron chi connectivity index (χ0n) is 11.7. The van der Waals surface area contributed by atoms with Crippen LogP contribution < -0.4 is 5.32 Å². The molecular weight excluding hydrogens is 222 g/mol. The fourth-order valence-electron chi connectivity index (χ4n) is 3.91. The largest absolute Gasteiger partial charge is 0.329 e. The summed E-state index contributed by atoms with van der Waals surface area (Å²) in [4.78, 5) is 4.80. The first-order valence-electron chi connectivity index (χ1n) is 7.58. The lowest BCUT2D eigenvalue weighted by Crippen LogP contribution is -2.29. The second kappa shape index (κ2) is 5.04. The summed E-state index contributed by atoms with van der Waals surface area (Å²) in [7, 11) is 0. The van der Waals surface area contributed by atoms with E-state index in [1.54, 1.807) is 0 Å². The molecule has 1 aliphatic heterocycles. The molecule has 3 rings (SSSR count). The molecule has 0 aromatic carbocycles. The minimum atomic E-state index is 0.720. The van der Waals surface area contributed by atoms with Crippen molar-refractivity contribution in [1.82, 2.24) is 14.9 Å². The Hall–Kier alpha value is -0.830. The van der Waals surface area contributed by atoms with Gasteiger partial charge < -0.3 is 9.88 Å². The Balaban J connectivity index is 1.97. The predicted octanol–water partition coefficient (Wildman–Crippen LogP) is 2.98. The molecule has 2 unspecified atom stereocenters. The van der Waals surface area contributed by atoms with E-state index in [-0.39, 0.29) is 0 Å². The Labute approximate surface area is 110 Å². The lowest BCUT2D eigenvalue weighted by atomic mass is 9.82. The van der Waals surface area contributed by atoms with Gasteiger partial charge in [0.1, 0.15) is 5.82 Å². The molecule has 18 heavy (non-hydrogen) atoms. The van der Waals surface area contributed by atoms with E-state index in [4.69, 9.17) is 4.98 Å². The van der Waals surface area contributed by atoms with E-state index in [0.717, 1.165) is 31.5 Å². The highest BCUT2D eigenvalue weighted by Gasteiger charge is 2.29. The van der Waals surface area contributed by atoms with Crippen LogP contribution in [-0.2, 0) is 13.0 Å². The molecule has 1 aromatic rings. The van der Waals surface area contributed by atoms with Gasteiger partial charge in [0.05, 0.1) is 5.69 Å². The van der Waals surface area contributed by atoms with E-state index in [0.29, 0.717) is 0 Å². The smallest absolute Gasteiger partial charge is 0.106 e. The third kappa shape index (κ3) is 1.99. The molecule has 3 nitrogen and oxygen atoms in total.